The molecule has 0 bridgehead atoms. The molecule has 0 saturated heterocycles. The summed E-state index contributed by atoms with van der Waals surface area (Å²) in [5.74, 6) is -0.775. The molecule has 2 aromatic carbocycles. The third-order valence-electron chi connectivity index (χ3n) is 4.01. The maximum atomic E-state index is 13.6. The van der Waals surface area contributed by atoms with Crippen LogP contribution in [0.4, 0.5) is 21.5 Å². The molecule has 0 radical (unpaired) electrons. The molecule has 0 atom stereocenters. The summed E-state index contributed by atoms with van der Waals surface area (Å²) in [5.41, 5.74) is 2.71. The van der Waals surface area contributed by atoms with Crippen LogP contribution in [0.2, 0.25) is 5.02 Å². The van der Waals surface area contributed by atoms with E-state index in [4.69, 9.17) is 11.6 Å². The first-order valence-electron chi connectivity index (χ1n) is 7.84. The van der Waals surface area contributed by atoms with Crippen LogP contribution in [0.15, 0.2) is 36.4 Å². The number of anilines is 3. The number of hydrogen-bond acceptors (Lipinski definition) is 3. The summed E-state index contributed by atoms with van der Waals surface area (Å²) in [6, 6.07) is 9.54. The number of carbonyl (C=O) groups excluding carboxylic acids is 2. The van der Waals surface area contributed by atoms with E-state index in [1.807, 2.05) is 12.1 Å². The summed E-state index contributed by atoms with van der Waals surface area (Å²) in [4.78, 5) is 25.3. The molecule has 0 saturated carbocycles. The van der Waals surface area contributed by atoms with Crippen LogP contribution < -0.4 is 15.5 Å². The van der Waals surface area contributed by atoms with E-state index in [2.05, 4.69) is 10.6 Å². The van der Waals surface area contributed by atoms with Crippen molar-refractivity contribution in [3.05, 3.63) is 52.8 Å². The molecule has 0 spiro atoms. The Morgan fingerprint density at radius 3 is 2.80 bits per heavy atom. The van der Waals surface area contributed by atoms with Gasteiger partial charge in [0.25, 0.3) is 0 Å². The Hall–Kier alpha value is -2.60. The predicted octanol–water partition coefficient (Wildman–Crippen LogP) is 3.44. The molecule has 7 heteroatoms. The summed E-state index contributed by atoms with van der Waals surface area (Å²) in [6.45, 7) is 2.09. The van der Waals surface area contributed by atoms with Crippen LogP contribution in [0.1, 0.15) is 12.5 Å². The standard InChI is InChI=1S/C18H17ClFN3O2/c1-11(24)23-7-6-12-8-14(3-5-17(12)23)22-18(25)10-21-16-9-13(19)2-4-15(16)20/h2-5,8-9,21H,6-7,10H2,1H3,(H,22,25). The van der Waals surface area contributed by atoms with E-state index in [0.29, 0.717) is 17.3 Å². The highest BCUT2D eigenvalue weighted by Crippen LogP contribution is 2.30. The topological polar surface area (TPSA) is 61.4 Å². The highest BCUT2D eigenvalue weighted by atomic mass is 35.5. The molecule has 1 aliphatic rings. The molecule has 3 rings (SSSR count). The minimum atomic E-state index is -0.473. The molecule has 0 unspecified atom stereocenters. The van der Waals surface area contributed by atoms with Gasteiger partial charge < -0.3 is 15.5 Å². The quantitative estimate of drug-likeness (QED) is 0.877. The van der Waals surface area contributed by atoms with Crippen LogP contribution >= 0.6 is 11.6 Å². The largest absolute Gasteiger partial charge is 0.374 e. The second-order valence-electron chi connectivity index (χ2n) is 5.79. The number of nitrogens with one attached hydrogen (secondary N) is 2. The summed E-state index contributed by atoms with van der Waals surface area (Å²) in [6.07, 6.45) is 0.755. The molecule has 2 amide bonds. The molecular weight excluding hydrogens is 345 g/mol. The minimum Gasteiger partial charge on any atom is -0.374 e. The van der Waals surface area contributed by atoms with Gasteiger partial charge in [0, 0.05) is 29.9 Å². The minimum absolute atomic E-state index is 0.00304. The Kier molecular flexibility index (Phi) is 4.90. The van der Waals surface area contributed by atoms with E-state index in [1.54, 1.807) is 11.0 Å². The summed E-state index contributed by atoms with van der Waals surface area (Å²) < 4.78 is 13.6. The number of rotatable bonds is 4. The Labute approximate surface area is 149 Å². The Balaban J connectivity index is 1.62. The van der Waals surface area contributed by atoms with E-state index in [9.17, 15) is 14.0 Å². The van der Waals surface area contributed by atoms with Gasteiger partial charge in [0.2, 0.25) is 11.8 Å². The molecule has 25 heavy (non-hydrogen) atoms. The number of hydrogen-bond donors (Lipinski definition) is 2. The van der Waals surface area contributed by atoms with Gasteiger partial charge in [-0.05, 0) is 48.4 Å². The molecule has 1 heterocycles. The summed E-state index contributed by atoms with van der Waals surface area (Å²) >= 11 is 5.81. The van der Waals surface area contributed by atoms with Gasteiger partial charge in [0.1, 0.15) is 5.82 Å². The van der Waals surface area contributed by atoms with Crippen molar-refractivity contribution in [2.24, 2.45) is 0 Å². The van der Waals surface area contributed by atoms with Crippen LogP contribution in [0.5, 0.6) is 0 Å². The second kappa shape index (κ2) is 7.11. The number of benzene rings is 2. The van der Waals surface area contributed by atoms with Gasteiger partial charge in [-0.25, -0.2) is 4.39 Å². The van der Waals surface area contributed by atoms with Crippen LogP contribution in [-0.2, 0) is 16.0 Å². The van der Waals surface area contributed by atoms with E-state index in [-0.39, 0.29) is 24.0 Å². The van der Waals surface area contributed by atoms with Gasteiger partial charge in [-0.3, -0.25) is 9.59 Å². The maximum absolute atomic E-state index is 13.6. The normalized spacial score (nSPS) is 12.7. The average molecular weight is 362 g/mol. The Morgan fingerprint density at radius 2 is 2.04 bits per heavy atom. The van der Waals surface area contributed by atoms with Crippen LogP contribution in [0, 0.1) is 5.82 Å². The maximum Gasteiger partial charge on any atom is 0.243 e. The second-order valence-corrected chi connectivity index (χ2v) is 6.23. The van der Waals surface area contributed by atoms with Crippen LogP contribution in [-0.4, -0.2) is 24.9 Å². The fourth-order valence-electron chi connectivity index (χ4n) is 2.82. The van der Waals surface area contributed by atoms with Gasteiger partial charge >= 0.3 is 0 Å². The Morgan fingerprint density at radius 1 is 1.24 bits per heavy atom. The first-order chi connectivity index (χ1) is 11.9. The number of fused-ring (bicyclic) bond motifs is 1. The fourth-order valence-corrected chi connectivity index (χ4v) is 2.99. The molecule has 2 aromatic rings. The average Bonchev–Trinajstić information content (AvgIpc) is 2.99. The van der Waals surface area contributed by atoms with Crippen molar-refractivity contribution in [1.29, 1.82) is 0 Å². The zero-order valence-corrected chi connectivity index (χ0v) is 14.4. The highest BCUT2D eigenvalue weighted by Gasteiger charge is 2.22. The number of halogens is 2. The van der Waals surface area contributed by atoms with Gasteiger partial charge in [-0.15, -0.1) is 0 Å². The van der Waals surface area contributed by atoms with Crippen molar-refractivity contribution in [2.75, 3.05) is 28.6 Å². The Bertz CT molecular complexity index is 841. The van der Waals surface area contributed by atoms with Gasteiger partial charge in [-0.2, -0.15) is 0 Å². The van der Waals surface area contributed by atoms with E-state index in [0.717, 1.165) is 17.7 Å². The van der Waals surface area contributed by atoms with E-state index >= 15 is 0 Å². The van der Waals surface area contributed by atoms with Crippen molar-refractivity contribution in [2.45, 2.75) is 13.3 Å². The molecular formula is C18H17ClFN3O2. The van der Waals surface area contributed by atoms with E-state index in [1.165, 1.54) is 25.1 Å². The first-order valence-corrected chi connectivity index (χ1v) is 8.21. The monoisotopic (exact) mass is 361 g/mol. The molecule has 130 valence electrons. The van der Waals surface area contributed by atoms with Crippen molar-refractivity contribution in [1.82, 2.24) is 0 Å². The molecule has 1 aliphatic heterocycles. The molecule has 0 aliphatic carbocycles. The van der Waals surface area contributed by atoms with Crippen LogP contribution in [0.3, 0.4) is 0 Å². The number of nitrogens with zero attached hydrogens (tertiary/aromatic N) is 1. The zero-order valence-electron chi connectivity index (χ0n) is 13.6. The van der Waals surface area contributed by atoms with Crippen molar-refractivity contribution < 1.29 is 14.0 Å². The lowest BCUT2D eigenvalue weighted by Crippen LogP contribution is -2.25. The lowest BCUT2D eigenvalue weighted by molar-refractivity contribution is -0.116. The third kappa shape index (κ3) is 3.91. The fraction of sp³-hybridized carbons (Fsp3) is 0.222. The summed E-state index contributed by atoms with van der Waals surface area (Å²) in [7, 11) is 0. The summed E-state index contributed by atoms with van der Waals surface area (Å²) in [5, 5.41) is 5.87. The molecule has 0 aromatic heterocycles. The molecule has 2 N–H and O–H groups in total. The van der Waals surface area contributed by atoms with Crippen LogP contribution in [0.25, 0.3) is 0 Å². The number of amides is 2. The van der Waals surface area contributed by atoms with Gasteiger partial charge in [0.15, 0.2) is 0 Å². The molecule has 0 fully saturated rings. The number of carbonyl (C=O) groups is 2. The van der Waals surface area contributed by atoms with Crippen molar-refractivity contribution >= 4 is 40.5 Å². The van der Waals surface area contributed by atoms with E-state index < -0.39 is 5.82 Å². The van der Waals surface area contributed by atoms with Gasteiger partial charge in [0.05, 0.1) is 12.2 Å². The lowest BCUT2D eigenvalue weighted by Gasteiger charge is -2.15. The predicted molar refractivity (Wildman–Crippen MR) is 96.7 cm³/mol. The SMILES string of the molecule is CC(=O)N1CCc2cc(NC(=O)CNc3cc(Cl)ccc3F)ccc21. The third-order valence-corrected chi connectivity index (χ3v) is 4.24. The van der Waals surface area contributed by atoms with Crippen molar-refractivity contribution in [3.63, 3.8) is 0 Å². The highest BCUT2D eigenvalue weighted by molar-refractivity contribution is 6.30. The smallest absolute Gasteiger partial charge is 0.243 e. The van der Waals surface area contributed by atoms with Crippen molar-refractivity contribution in [3.8, 4) is 0 Å². The zero-order chi connectivity index (χ0) is 18.0. The lowest BCUT2D eigenvalue weighted by atomic mass is 10.1. The van der Waals surface area contributed by atoms with Gasteiger partial charge in [-0.1, -0.05) is 11.6 Å². The molecule has 5 nitrogen and oxygen atoms in total. The first kappa shape index (κ1) is 17.2.